The molecule has 1 atom stereocenters. The molecular weight excluding hydrogens is 216 g/mol. The number of likely N-dealkylation sites (N-methyl/N-ethyl adjacent to an activating group) is 1. The Morgan fingerprint density at radius 1 is 1.47 bits per heavy atom. The molecule has 0 saturated carbocycles. The van der Waals surface area contributed by atoms with Gasteiger partial charge < -0.3 is 15.0 Å². The van der Waals surface area contributed by atoms with Gasteiger partial charge in [0.1, 0.15) is 0 Å². The number of nitrogens with zero attached hydrogens (tertiary/aromatic N) is 1. The standard InChI is InChI=1S/C13H26N2O2/c1-3-17-10-6-8-13(16)15-9-5-4-7-12(15)11-14-2/h12,14H,3-11H2,1-2H3. The Balaban J connectivity index is 2.31. The van der Waals surface area contributed by atoms with Crippen LogP contribution in [0.5, 0.6) is 0 Å². The van der Waals surface area contributed by atoms with Gasteiger partial charge in [0, 0.05) is 38.8 Å². The number of carbonyl (C=O) groups is 1. The predicted octanol–water partition coefficient (Wildman–Crippen LogP) is 1.40. The summed E-state index contributed by atoms with van der Waals surface area (Å²) in [5, 5.41) is 3.18. The van der Waals surface area contributed by atoms with Crippen LogP contribution in [0.2, 0.25) is 0 Å². The van der Waals surface area contributed by atoms with Gasteiger partial charge in [-0.3, -0.25) is 4.79 Å². The second-order valence-electron chi connectivity index (χ2n) is 4.59. The van der Waals surface area contributed by atoms with Crippen molar-refractivity contribution in [3.63, 3.8) is 0 Å². The second-order valence-corrected chi connectivity index (χ2v) is 4.59. The smallest absolute Gasteiger partial charge is 0.222 e. The fourth-order valence-corrected chi connectivity index (χ4v) is 2.39. The van der Waals surface area contributed by atoms with Crippen LogP contribution >= 0.6 is 0 Å². The second kappa shape index (κ2) is 8.48. The van der Waals surface area contributed by atoms with Crippen LogP contribution < -0.4 is 5.32 Å². The summed E-state index contributed by atoms with van der Waals surface area (Å²) in [4.78, 5) is 14.2. The summed E-state index contributed by atoms with van der Waals surface area (Å²) in [5.74, 6) is 0.296. The normalized spacial score (nSPS) is 20.6. The topological polar surface area (TPSA) is 41.6 Å². The number of rotatable bonds is 7. The van der Waals surface area contributed by atoms with E-state index in [9.17, 15) is 4.79 Å². The van der Waals surface area contributed by atoms with Crippen LogP contribution in [0, 0.1) is 0 Å². The van der Waals surface area contributed by atoms with E-state index >= 15 is 0 Å². The first-order valence-corrected chi connectivity index (χ1v) is 6.81. The Labute approximate surface area is 105 Å². The van der Waals surface area contributed by atoms with Crippen molar-refractivity contribution in [1.82, 2.24) is 10.2 Å². The molecule has 1 N–H and O–H groups in total. The molecule has 4 heteroatoms. The maximum Gasteiger partial charge on any atom is 0.222 e. The van der Waals surface area contributed by atoms with Gasteiger partial charge in [0.2, 0.25) is 5.91 Å². The molecule has 17 heavy (non-hydrogen) atoms. The molecular formula is C13H26N2O2. The number of piperidine rings is 1. The number of likely N-dealkylation sites (tertiary alicyclic amines) is 1. The monoisotopic (exact) mass is 242 g/mol. The van der Waals surface area contributed by atoms with Crippen molar-refractivity contribution in [2.75, 3.05) is 33.4 Å². The fraction of sp³-hybridized carbons (Fsp3) is 0.923. The summed E-state index contributed by atoms with van der Waals surface area (Å²) >= 11 is 0. The molecule has 0 aliphatic carbocycles. The maximum absolute atomic E-state index is 12.1. The van der Waals surface area contributed by atoms with E-state index in [4.69, 9.17) is 4.74 Å². The van der Waals surface area contributed by atoms with Crippen LogP contribution in [0.4, 0.5) is 0 Å². The van der Waals surface area contributed by atoms with E-state index in [2.05, 4.69) is 10.2 Å². The molecule has 1 unspecified atom stereocenters. The lowest BCUT2D eigenvalue weighted by molar-refractivity contribution is -0.135. The van der Waals surface area contributed by atoms with Crippen molar-refractivity contribution in [2.24, 2.45) is 0 Å². The summed E-state index contributed by atoms with van der Waals surface area (Å²) in [6, 6.07) is 0.397. The molecule has 1 rings (SSSR count). The van der Waals surface area contributed by atoms with Gasteiger partial charge in [-0.2, -0.15) is 0 Å². The van der Waals surface area contributed by atoms with Crippen molar-refractivity contribution in [1.29, 1.82) is 0 Å². The van der Waals surface area contributed by atoms with E-state index in [0.717, 1.165) is 39.0 Å². The van der Waals surface area contributed by atoms with Crippen LogP contribution in [0.1, 0.15) is 39.0 Å². The van der Waals surface area contributed by atoms with Crippen LogP contribution in [0.25, 0.3) is 0 Å². The van der Waals surface area contributed by atoms with Gasteiger partial charge in [0.05, 0.1) is 0 Å². The van der Waals surface area contributed by atoms with Gasteiger partial charge in [-0.15, -0.1) is 0 Å². The summed E-state index contributed by atoms with van der Waals surface area (Å²) in [5.41, 5.74) is 0. The van der Waals surface area contributed by atoms with Crippen molar-refractivity contribution in [3.05, 3.63) is 0 Å². The van der Waals surface area contributed by atoms with Crippen molar-refractivity contribution in [3.8, 4) is 0 Å². The molecule has 1 fully saturated rings. The first-order chi connectivity index (χ1) is 8.29. The van der Waals surface area contributed by atoms with E-state index in [1.54, 1.807) is 0 Å². The first kappa shape index (κ1) is 14.5. The molecule has 4 nitrogen and oxygen atoms in total. The number of nitrogens with one attached hydrogen (secondary N) is 1. The lowest BCUT2D eigenvalue weighted by atomic mass is 10.0. The van der Waals surface area contributed by atoms with Crippen molar-refractivity contribution < 1.29 is 9.53 Å². The SMILES string of the molecule is CCOCCCC(=O)N1CCCCC1CNC. The van der Waals surface area contributed by atoms with Crippen LogP contribution in [0.15, 0.2) is 0 Å². The summed E-state index contributed by atoms with van der Waals surface area (Å²) in [6.45, 7) is 5.26. The minimum absolute atomic E-state index is 0.296. The van der Waals surface area contributed by atoms with E-state index in [1.165, 1.54) is 6.42 Å². The molecule has 1 aliphatic rings. The molecule has 0 aromatic heterocycles. The third-order valence-electron chi connectivity index (χ3n) is 3.27. The minimum Gasteiger partial charge on any atom is -0.382 e. The third kappa shape index (κ3) is 5.04. The van der Waals surface area contributed by atoms with Crippen LogP contribution in [-0.4, -0.2) is 50.2 Å². The molecule has 1 amide bonds. The van der Waals surface area contributed by atoms with Gasteiger partial charge in [0.25, 0.3) is 0 Å². The maximum atomic E-state index is 12.1. The Bertz CT molecular complexity index is 219. The van der Waals surface area contributed by atoms with Gasteiger partial charge >= 0.3 is 0 Å². The molecule has 0 spiro atoms. The van der Waals surface area contributed by atoms with Crippen LogP contribution in [-0.2, 0) is 9.53 Å². The minimum atomic E-state index is 0.296. The number of hydrogen-bond acceptors (Lipinski definition) is 3. The molecule has 0 aromatic rings. The lowest BCUT2D eigenvalue weighted by Crippen LogP contribution is -2.48. The van der Waals surface area contributed by atoms with Crippen molar-refractivity contribution >= 4 is 5.91 Å². The van der Waals surface area contributed by atoms with E-state index in [1.807, 2.05) is 14.0 Å². The zero-order chi connectivity index (χ0) is 12.5. The summed E-state index contributed by atoms with van der Waals surface area (Å²) in [7, 11) is 1.95. The van der Waals surface area contributed by atoms with E-state index in [0.29, 0.717) is 25.0 Å². The Morgan fingerprint density at radius 2 is 2.29 bits per heavy atom. The highest BCUT2D eigenvalue weighted by Gasteiger charge is 2.25. The highest BCUT2D eigenvalue weighted by atomic mass is 16.5. The zero-order valence-electron chi connectivity index (χ0n) is 11.2. The lowest BCUT2D eigenvalue weighted by Gasteiger charge is -2.35. The van der Waals surface area contributed by atoms with Gasteiger partial charge in [-0.25, -0.2) is 0 Å². The molecule has 0 radical (unpaired) electrons. The first-order valence-electron chi connectivity index (χ1n) is 6.81. The highest BCUT2D eigenvalue weighted by molar-refractivity contribution is 5.76. The average Bonchev–Trinajstić information content (AvgIpc) is 2.35. The molecule has 1 heterocycles. The Kier molecular flexibility index (Phi) is 7.21. The summed E-state index contributed by atoms with van der Waals surface area (Å²) in [6.07, 6.45) is 5.00. The molecule has 100 valence electrons. The molecule has 0 aromatic carbocycles. The van der Waals surface area contributed by atoms with Gasteiger partial charge in [0.15, 0.2) is 0 Å². The fourth-order valence-electron chi connectivity index (χ4n) is 2.39. The quantitative estimate of drug-likeness (QED) is 0.686. The third-order valence-corrected chi connectivity index (χ3v) is 3.27. The van der Waals surface area contributed by atoms with E-state index < -0.39 is 0 Å². The zero-order valence-corrected chi connectivity index (χ0v) is 11.2. The largest absolute Gasteiger partial charge is 0.382 e. The predicted molar refractivity (Wildman–Crippen MR) is 69.0 cm³/mol. The molecule has 0 bridgehead atoms. The number of carbonyl (C=O) groups excluding carboxylic acids is 1. The number of amides is 1. The Hall–Kier alpha value is -0.610. The molecule has 1 aliphatic heterocycles. The van der Waals surface area contributed by atoms with Gasteiger partial charge in [-0.1, -0.05) is 0 Å². The van der Waals surface area contributed by atoms with Crippen molar-refractivity contribution in [2.45, 2.75) is 45.1 Å². The van der Waals surface area contributed by atoms with Gasteiger partial charge in [-0.05, 0) is 39.7 Å². The highest BCUT2D eigenvalue weighted by Crippen LogP contribution is 2.17. The average molecular weight is 242 g/mol. The van der Waals surface area contributed by atoms with Crippen LogP contribution in [0.3, 0.4) is 0 Å². The number of hydrogen-bond donors (Lipinski definition) is 1. The Morgan fingerprint density at radius 3 is 3.00 bits per heavy atom. The van der Waals surface area contributed by atoms with E-state index in [-0.39, 0.29) is 0 Å². The summed E-state index contributed by atoms with van der Waals surface area (Å²) < 4.78 is 5.26. The molecule has 1 saturated heterocycles. The number of ether oxygens (including phenoxy) is 1.